The Bertz CT molecular complexity index is 569. The second-order valence-electron chi connectivity index (χ2n) is 13.1. The lowest BCUT2D eigenvalue weighted by Crippen LogP contribution is -2.54. The van der Waals surface area contributed by atoms with Crippen molar-refractivity contribution >= 4 is 0 Å². The van der Waals surface area contributed by atoms with E-state index in [0.29, 0.717) is 10.8 Å². The molecule has 0 amide bonds. The third-order valence-corrected chi connectivity index (χ3v) is 11.6. The fourth-order valence-electron chi connectivity index (χ4n) is 9.27. The van der Waals surface area contributed by atoms with Crippen LogP contribution in [-0.4, -0.2) is 11.2 Å². The number of rotatable bonds is 5. The second-order valence-corrected chi connectivity index (χ2v) is 13.1. The van der Waals surface area contributed by atoms with E-state index in [1.807, 2.05) is 0 Å². The summed E-state index contributed by atoms with van der Waals surface area (Å²) in [4.78, 5) is 0. The third kappa shape index (κ3) is 3.74. The zero-order valence-electron chi connectivity index (χ0n) is 20.4. The van der Waals surface area contributed by atoms with Crippen LogP contribution in [0.15, 0.2) is 0 Å². The maximum Gasteiger partial charge on any atom is 0.0543 e. The first-order valence-electron chi connectivity index (χ1n) is 13.3. The van der Waals surface area contributed by atoms with Gasteiger partial charge in [-0.25, -0.2) is 0 Å². The summed E-state index contributed by atoms with van der Waals surface area (Å²) in [5.41, 5.74) is 1.14. The quantitative estimate of drug-likeness (QED) is 0.499. The van der Waals surface area contributed by atoms with E-state index in [9.17, 15) is 5.11 Å². The van der Waals surface area contributed by atoms with Gasteiger partial charge in [0, 0.05) is 0 Å². The summed E-state index contributed by atoms with van der Waals surface area (Å²) in [6, 6.07) is 0. The molecule has 0 aromatic carbocycles. The van der Waals surface area contributed by atoms with Crippen LogP contribution in [0.2, 0.25) is 0 Å². The van der Waals surface area contributed by atoms with E-state index >= 15 is 0 Å². The third-order valence-electron chi connectivity index (χ3n) is 11.6. The number of hydrogen-bond donors (Lipinski definition) is 1. The largest absolute Gasteiger partial charge is 0.393 e. The monoisotopic (exact) mass is 402 g/mol. The van der Waals surface area contributed by atoms with Crippen molar-refractivity contribution in [3.05, 3.63) is 0 Å². The van der Waals surface area contributed by atoms with E-state index in [-0.39, 0.29) is 6.10 Å². The zero-order chi connectivity index (χ0) is 21.0. The molecular weight excluding hydrogens is 352 g/mol. The molecule has 1 heteroatoms. The van der Waals surface area contributed by atoms with E-state index < -0.39 is 0 Å². The molecule has 168 valence electrons. The van der Waals surface area contributed by atoms with Crippen LogP contribution in [0.4, 0.5) is 0 Å². The summed E-state index contributed by atoms with van der Waals surface area (Å²) in [5.74, 6) is 7.28. The topological polar surface area (TPSA) is 20.2 Å². The molecule has 10 atom stereocenters. The molecule has 0 saturated heterocycles. The molecule has 0 aromatic rings. The first-order valence-corrected chi connectivity index (χ1v) is 13.3. The maximum absolute atomic E-state index is 10.3. The SMILES string of the molecule is CC(C)[C@H](C)CC[C@@H](C)[C@H]1CC[C@H]2[C@@H]3CC[C@H]4C[C@@H](O)CC[C@]4(C)[C@@H]3CC[C@]12C. The minimum Gasteiger partial charge on any atom is -0.393 e. The second kappa shape index (κ2) is 8.14. The predicted octanol–water partition coefficient (Wildman–Crippen LogP) is 7.71. The molecule has 0 unspecified atom stereocenters. The molecular formula is C28H50O. The van der Waals surface area contributed by atoms with Crippen LogP contribution in [0.5, 0.6) is 0 Å². The van der Waals surface area contributed by atoms with Gasteiger partial charge in [-0.3, -0.25) is 0 Å². The summed E-state index contributed by atoms with van der Waals surface area (Å²) in [5, 5.41) is 10.3. The number of aliphatic hydroxyl groups is 1. The highest BCUT2D eigenvalue weighted by molar-refractivity contribution is 5.09. The summed E-state index contributed by atoms with van der Waals surface area (Å²) < 4.78 is 0. The van der Waals surface area contributed by atoms with Crippen molar-refractivity contribution in [2.24, 2.45) is 58.2 Å². The van der Waals surface area contributed by atoms with Gasteiger partial charge in [0.1, 0.15) is 0 Å². The smallest absolute Gasteiger partial charge is 0.0543 e. The molecule has 0 aliphatic heterocycles. The van der Waals surface area contributed by atoms with Gasteiger partial charge in [-0.1, -0.05) is 54.4 Å². The molecule has 0 radical (unpaired) electrons. The van der Waals surface area contributed by atoms with Gasteiger partial charge in [-0.05, 0) is 116 Å². The Hall–Kier alpha value is -0.0400. The Morgan fingerprint density at radius 2 is 1.48 bits per heavy atom. The van der Waals surface area contributed by atoms with Crippen LogP contribution in [0, 0.1) is 58.2 Å². The first kappa shape index (κ1) is 22.2. The van der Waals surface area contributed by atoms with E-state index in [2.05, 4.69) is 41.5 Å². The van der Waals surface area contributed by atoms with Gasteiger partial charge < -0.3 is 5.11 Å². The molecule has 29 heavy (non-hydrogen) atoms. The van der Waals surface area contributed by atoms with Gasteiger partial charge in [-0.2, -0.15) is 0 Å². The molecule has 0 aromatic heterocycles. The Balaban J connectivity index is 1.46. The van der Waals surface area contributed by atoms with Gasteiger partial charge in [0.05, 0.1) is 6.10 Å². The Labute approximate surface area is 181 Å². The minimum absolute atomic E-state index is 0.0107. The average Bonchev–Trinajstić information content (AvgIpc) is 3.03. The van der Waals surface area contributed by atoms with Gasteiger partial charge >= 0.3 is 0 Å². The van der Waals surface area contributed by atoms with Crippen molar-refractivity contribution in [3.63, 3.8) is 0 Å². The lowest BCUT2D eigenvalue weighted by atomic mass is 9.44. The van der Waals surface area contributed by atoms with Crippen LogP contribution >= 0.6 is 0 Å². The van der Waals surface area contributed by atoms with E-state index in [1.54, 1.807) is 0 Å². The van der Waals surface area contributed by atoms with E-state index in [4.69, 9.17) is 0 Å². The highest BCUT2D eigenvalue weighted by atomic mass is 16.3. The Morgan fingerprint density at radius 1 is 0.793 bits per heavy atom. The van der Waals surface area contributed by atoms with Crippen molar-refractivity contribution in [1.82, 2.24) is 0 Å². The van der Waals surface area contributed by atoms with Crippen molar-refractivity contribution in [2.45, 2.75) is 118 Å². The summed E-state index contributed by atoms with van der Waals surface area (Å²) in [6.45, 7) is 15.2. The fourth-order valence-corrected chi connectivity index (χ4v) is 9.27. The summed E-state index contributed by atoms with van der Waals surface area (Å²) in [7, 11) is 0. The zero-order valence-corrected chi connectivity index (χ0v) is 20.4. The Kier molecular flexibility index (Phi) is 6.22. The molecule has 4 saturated carbocycles. The van der Waals surface area contributed by atoms with Gasteiger partial charge in [0.2, 0.25) is 0 Å². The van der Waals surface area contributed by atoms with E-state index in [0.717, 1.165) is 60.2 Å². The standard InChI is InChI=1S/C28H50O/c1-18(2)19(3)7-8-20(4)24-11-12-25-23-10-9-21-17-22(29)13-15-27(21,5)26(23)14-16-28(24,25)6/h18-26,29H,7-17H2,1-6H3/t19-,20-,21+,22+,23+,24-,25+,26-,27+,28-/m1/s1. The van der Waals surface area contributed by atoms with Gasteiger partial charge in [0.15, 0.2) is 0 Å². The molecule has 1 N–H and O–H groups in total. The summed E-state index contributed by atoms with van der Waals surface area (Å²) >= 11 is 0. The van der Waals surface area contributed by atoms with Crippen molar-refractivity contribution in [1.29, 1.82) is 0 Å². The molecule has 0 spiro atoms. The van der Waals surface area contributed by atoms with Gasteiger partial charge in [0.25, 0.3) is 0 Å². The van der Waals surface area contributed by atoms with E-state index in [1.165, 1.54) is 57.8 Å². The molecule has 4 fully saturated rings. The first-order chi connectivity index (χ1) is 13.7. The van der Waals surface area contributed by atoms with Crippen LogP contribution in [0.3, 0.4) is 0 Å². The highest BCUT2D eigenvalue weighted by Crippen LogP contribution is 2.68. The van der Waals surface area contributed by atoms with Crippen LogP contribution in [0.25, 0.3) is 0 Å². The normalized spacial score (nSPS) is 49.2. The highest BCUT2D eigenvalue weighted by Gasteiger charge is 2.60. The lowest BCUT2D eigenvalue weighted by molar-refractivity contribution is -0.129. The Morgan fingerprint density at radius 3 is 2.21 bits per heavy atom. The van der Waals surface area contributed by atoms with Crippen molar-refractivity contribution < 1.29 is 5.11 Å². The molecule has 1 nitrogen and oxygen atoms in total. The number of fused-ring (bicyclic) bond motifs is 5. The van der Waals surface area contributed by atoms with Crippen LogP contribution in [0.1, 0.15) is 112 Å². The van der Waals surface area contributed by atoms with Gasteiger partial charge in [-0.15, -0.1) is 0 Å². The molecule has 4 aliphatic rings. The van der Waals surface area contributed by atoms with Crippen molar-refractivity contribution in [3.8, 4) is 0 Å². The summed E-state index contributed by atoms with van der Waals surface area (Å²) in [6.07, 6.45) is 15.1. The van der Waals surface area contributed by atoms with Crippen molar-refractivity contribution in [2.75, 3.05) is 0 Å². The molecule has 4 rings (SSSR count). The maximum atomic E-state index is 10.3. The van der Waals surface area contributed by atoms with Crippen LogP contribution < -0.4 is 0 Å². The predicted molar refractivity (Wildman–Crippen MR) is 124 cm³/mol. The molecule has 4 aliphatic carbocycles. The number of hydrogen-bond acceptors (Lipinski definition) is 1. The molecule has 0 heterocycles. The lowest BCUT2D eigenvalue weighted by Gasteiger charge is -2.61. The minimum atomic E-state index is -0.0107. The fraction of sp³-hybridized carbons (Fsp3) is 1.00. The number of aliphatic hydroxyl groups excluding tert-OH is 1. The van der Waals surface area contributed by atoms with Crippen LogP contribution in [-0.2, 0) is 0 Å². The molecule has 0 bridgehead atoms. The average molecular weight is 403 g/mol.